The van der Waals surface area contributed by atoms with Crippen LogP contribution in [0.4, 0.5) is 5.69 Å². The Bertz CT molecular complexity index is 1050. The first-order valence-electron chi connectivity index (χ1n) is 9.08. The summed E-state index contributed by atoms with van der Waals surface area (Å²) in [6.07, 6.45) is 0. The second-order valence-corrected chi connectivity index (χ2v) is 8.87. The van der Waals surface area contributed by atoms with Crippen LogP contribution in [0, 0.1) is 0 Å². The highest BCUT2D eigenvalue weighted by Crippen LogP contribution is 2.36. The number of halogens is 5. The minimum Gasteiger partial charge on any atom is -0.490 e. The van der Waals surface area contributed by atoms with Crippen molar-refractivity contribution >= 4 is 68.0 Å². The first-order valence-corrected chi connectivity index (χ1v) is 11.4. The van der Waals surface area contributed by atoms with Crippen molar-refractivity contribution in [3.63, 3.8) is 0 Å². The van der Waals surface area contributed by atoms with Crippen molar-refractivity contribution in [2.45, 2.75) is 20.1 Å². The van der Waals surface area contributed by atoms with Crippen LogP contribution in [0.5, 0.6) is 11.5 Å². The van der Waals surface area contributed by atoms with Crippen LogP contribution >= 0.6 is 62.3 Å². The summed E-state index contributed by atoms with van der Waals surface area (Å²) in [5, 5.41) is 5.64. The number of benzene rings is 3. The normalized spacial score (nSPS) is 10.7. The van der Waals surface area contributed by atoms with Crippen LogP contribution in [0.15, 0.2) is 53.0 Å². The molecule has 0 aliphatic carbocycles. The van der Waals surface area contributed by atoms with Gasteiger partial charge in [0.2, 0.25) is 0 Å². The van der Waals surface area contributed by atoms with E-state index in [1.807, 2.05) is 25.1 Å². The van der Waals surface area contributed by atoms with Crippen LogP contribution in [0.1, 0.15) is 18.1 Å². The second-order valence-electron chi connectivity index (χ2n) is 6.33. The Morgan fingerprint density at radius 2 is 1.50 bits per heavy atom. The molecule has 0 saturated carbocycles. The maximum atomic E-state index is 6.24. The molecule has 0 saturated heterocycles. The lowest BCUT2D eigenvalue weighted by Crippen LogP contribution is -2.04. The average molecular weight is 550 g/mol. The van der Waals surface area contributed by atoms with E-state index in [2.05, 4.69) is 21.2 Å². The molecule has 1 N–H and O–H groups in total. The fourth-order valence-electron chi connectivity index (χ4n) is 2.71. The van der Waals surface area contributed by atoms with E-state index in [-0.39, 0.29) is 6.61 Å². The van der Waals surface area contributed by atoms with Gasteiger partial charge in [0, 0.05) is 31.6 Å². The Labute approximate surface area is 204 Å². The van der Waals surface area contributed by atoms with Crippen molar-refractivity contribution in [1.29, 1.82) is 0 Å². The SMILES string of the molecule is CCOc1cc(CNc2cc(Cl)ccc2Cl)c(Br)cc1OCc1ccc(Cl)cc1Cl. The van der Waals surface area contributed by atoms with Crippen LogP contribution in [-0.4, -0.2) is 6.61 Å². The topological polar surface area (TPSA) is 30.5 Å². The number of hydrogen-bond acceptors (Lipinski definition) is 3. The lowest BCUT2D eigenvalue weighted by molar-refractivity contribution is 0.269. The molecular weight excluding hydrogens is 532 g/mol. The number of anilines is 1. The molecule has 0 heterocycles. The first kappa shape index (κ1) is 23.4. The van der Waals surface area contributed by atoms with E-state index in [0.717, 1.165) is 21.3 Å². The van der Waals surface area contributed by atoms with Gasteiger partial charge in [-0.15, -0.1) is 0 Å². The van der Waals surface area contributed by atoms with Crippen LogP contribution < -0.4 is 14.8 Å². The Kier molecular flexibility index (Phi) is 8.44. The predicted molar refractivity (Wildman–Crippen MR) is 130 cm³/mol. The third kappa shape index (κ3) is 6.12. The highest BCUT2D eigenvalue weighted by atomic mass is 79.9. The summed E-state index contributed by atoms with van der Waals surface area (Å²) in [6.45, 7) is 3.24. The molecule has 0 radical (unpaired) electrons. The third-order valence-corrected chi connectivity index (χ3v) is 6.10. The molecular formula is C22H18BrCl4NO2. The van der Waals surface area contributed by atoms with Crippen LogP contribution in [0.3, 0.4) is 0 Å². The molecule has 0 amide bonds. The van der Waals surface area contributed by atoms with Crippen molar-refractivity contribution in [2.24, 2.45) is 0 Å². The molecule has 30 heavy (non-hydrogen) atoms. The number of nitrogens with one attached hydrogen (secondary N) is 1. The van der Waals surface area contributed by atoms with Crippen LogP contribution in [0.25, 0.3) is 0 Å². The zero-order chi connectivity index (χ0) is 21.7. The molecule has 0 aliphatic rings. The van der Waals surface area contributed by atoms with E-state index in [9.17, 15) is 0 Å². The zero-order valence-corrected chi connectivity index (χ0v) is 20.6. The molecule has 0 aliphatic heterocycles. The Hall–Kier alpha value is -1.30. The van der Waals surface area contributed by atoms with Gasteiger partial charge in [-0.05, 0) is 55.0 Å². The number of rotatable bonds is 8. The van der Waals surface area contributed by atoms with Crippen LogP contribution in [-0.2, 0) is 13.2 Å². The standard InChI is InChI=1S/C22H18BrCl4NO2/c1-2-29-21-7-14(11-28-20-9-16(25)5-6-18(20)26)17(23)10-22(21)30-12-13-3-4-15(24)8-19(13)27/h3-10,28H,2,11-12H2,1H3. The molecule has 3 aromatic carbocycles. The molecule has 0 atom stereocenters. The van der Waals surface area contributed by atoms with Crippen LogP contribution in [0.2, 0.25) is 20.1 Å². The van der Waals surface area contributed by atoms with Crippen molar-refractivity contribution in [3.8, 4) is 11.5 Å². The first-order chi connectivity index (χ1) is 14.4. The van der Waals surface area contributed by atoms with Gasteiger partial charge in [-0.1, -0.05) is 68.4 Å². The molecule has 0 bridgehead atoms. The monoisotopic (exact) mass is 547 g/mol. The molecule has 3 rings (SSSR count). The Morgan fingerprint density at radius 3 is 2.23 bits per heavy atom. The van der Waals surface area contributed by atoms with Gasteiger partial charge >= 0.3 is 0 Å². The van der Waals surface area contributed by atoms with E-state index in [4.69, 9.17) is 55.9 Å². The molecule has 158 valence electrons. The number of hydrogen-bond donors (Lipinski definition) is 1. The van der Waals surface area contributed by atoms with Gasteiger partial charge in [0.1, 0.15) is 6.61 Å². The van der Waals surface area contributed by atoms with Crippen molar-refractivity contribution in [2.75, 3.05) is 11.9 Å². The van der Waals surface area contributed by atoms with Gasteiger partial charge in [-0.2, -0.15) is 0 Å². The summed E-state index contributed by atoms with van der Waals surface area (Å²) in [4.78, 5) is 0. The summed E-state index contributed by atoms with van der Waals surface area (Å²) in [6, 6.07) is 14.4. The lowest BCUT2D eigenvalue weighted by Gasteiger charge is -2.16. The highest BCUT2D eigenvalue weighted by Gasteiger charge is 2.13. The van der Waals surface area contributed by atoms with Crippen molar-refractivity contribution < 1.29 is 9.47 Å². The maximum Gasteiger partial charge on any atom is 0.162 e. The fraction of sp³-hybridized carbons (Fsp3) is 0.182. The highest BCUT2D eigenvalue weighted by molar-refractivity contribution is 9.10. The fourth-order valence-corrected chi connectivity index (χ4v) is 3.99. The van der Waals surface area contributed by atoms with Gasteiger partial charge < -0.3 is 14.8 Å². The predicted octanol–water partition coefficient (Wildman–Crippen LogP) is 8.65. The second kappa shape index (κ2) is 10.8. The van der Waals surface area contributed by atoms with Gasteiger partial charge in [0.25, 0.3) is 0 Å². The van der Waals surface area contributed by atoms with E-state index < -0.39 is 0 Å². The Morgan fingerprint density at radius 1 is 0.800 bits per heavy atom. The average Bonchev–Trinajstić information content (AvgIpc) is 2.70. The molecule has 3 nitrogen and oxygen atoms in total. The lowest BCUT2D eigenvalue weighted by atomic mass is 10.2. The summed E-state index contributed by atoms with van der Waals surface area (Å²) in [5.74, 6) is 1.25. The molecule has 8 heteroatoms. The van der Waals surface area contributed by atoms with Gasteiger partial charge in [0.15, 0.2) is 11.5 Å². The van der Waals surface area contributed by atoms with Gasteiger partial charge in [0.05, 0.1) is 17.3 Å². The maximum absolute atomic E-state index is 6.24. The minimum atomic E-state index is 0.290. The molecule has 0 fully saturated rings. The smallest absolute Gasteiger partial charge is 0.162 e. The Balaban J connectivity index is 1.78. The van der Waals surface area contributed by atoms with E-state index >= 15 is 0 Å². The summed E-state index contributed by atoms with van der Waals surface area (Å²) in [7, 11) is 0. The van der Waals surface area contributed by atoms with E-state index in [1.54, 1.807) is 30.3 Å². The van der Waals surface area contributed by atoms with Gasteiger partial charge in [-0.3, -0.25) is 0 Å². The molecule has 3 aromatic rings. The number of ether oxygens (including phenoxy) is 2. The summed E-state index contributed by atoms with van der Waals surface area (Å²) >= 11 is 28.1. The van der Waals surface area contributed by atoms with Gasteiger partial charge in [-0.25, -0.2) is 0 Å². The molecule has 0 spiro atoms. The zero-order valence-electron chi connectivity index (χ0n) is 15.9. The summed E-state index contributed by atoms with van der Waals surface area (Å²) in [5.41, 5.74) is 2.57. The largest absolute Gasteiger partial charge is 0.490 e. The van der Waals surface area contributed by atoms with E-state index in [0.29, 0.717) is 44.7 Å². The van der Waals surface area contributed by atoms with Crippen molar-refractivity contribution in [1.82, 2.24) is 0 Å². The quantitative estimate of drug-likeness (QED) is 0.305. The van der Waals surface area contributed by atoms with Crippen molar-refractivity contribution in [3.05, 3.63) is 84.2 Å². The molecule has 0 unspecified atom stereocenters. The molecule has 0 aromatic heterocycles. The van der Waals surface area contributed by atoms with E-state index in [1.165, 1.54) is 0 Å². The third-order valence-electron chi connectivity index (χ3n) is 4.21. The summed E-state index contributed by atoms with van der Waals surface area (Å²) < 4.78 is 12.6. The minimum absolute atomic E-state index is 0.290.